The van der Waals surface area contributed by atoms with Gasteiger partial charge in [-0.2, -0.15) is 0 Å². The van der Waals surface area contributed by atoms with Crippen molar-refractivity contribution in [1.82, 2.24) is 0 Å². The average Bonchev–Trinajstić information content (AvgIpc) is 3.32. The van der Waals surface area contributed by atoms with Gasteiger partial charge in [-0.3, -0.25) is 0 Å². The monoisotopic (exact) mass is 255 g/mol. The molecule has 0 amide bonds. The Morgan fingerprint density at radius 1 is 1.26 bits per heavy atom. The van der Waals surface area contributed by atoms with E-state index in [2.05, 4.69) is 28.5 Å². The molecule has 2 fully saturated rings. The lowest BCUT2D eigenvalue weighted by atomic mass is 9.90. The molecule has 2 saturated carbocycles. The Labute approximate surface area is 114 Å². The van der Waals surface area contributed by atoms with Crippen molar-refractivity contribution in [3.8, 4) is 0 Å². The second kappa shape index (κ2) is 3.99. The van der Waals surface area contributed by atoms with E-state index in [1.54, 1.807) is 0 Å². The molecule has 3 nitrogen and oxygen atoms in total. The van der Waals surface area contributed by atoms with Crippen LogP contribution in [0.3, 0.4) is 0 Å². The molecule has 0 saturated heterocycles. The van der Waals surface area contributed by atoms with Crippen LogP contribution in [0.2, 0.25) is 0 Å². The number of fused-ring (bicyclic) bond motifs is 1. The Hall–Kier alpha value is -1.51. The maximum absolute atomic E-state index is 6.07. The van der Waals surface area contributed by atoms with E-state index in [9.17, 15) is 0 Å². The highest BCUT2D eigenvalue weighted by Crippen LogP contribution is 2.67. The van der Waals surface area contributed by atoms with Gasteiger partial charge in [0.2, 0.25) is 0 Å². The molecule has 0 bridgehead atoms. The summed E-state index contributed by atoms with van der Waals surface area (Å²) in [6.45, 7) is 0. The van der Waals surface area contributed by atoms with Gasteiger partial charge in [-0.05, 0) is 67.6 Å². The van der Waals surface area contributed by atoms with E-state index in [-0.39, 0.29) is 0 Å². The van der Waals surface area contributed by atoms with Gasteiger partial charge in [-0.1, -0.05) is 12.1 Å². The zero-order chi connectivity index (χ0) is 12.9. The fourth-order valence-corrected chi connectivity index (χ4v) is 3.44. The van der Waals surface area contributed by atoms with Crippen molar-refractivity contribution in [1.29, 1.82) is 0 Å². The van der Waals surface area contributed by atoms with Gasteiger partial charge in [-0.25, -0.2) is 4.99 Å². The number of rotatable bonds is 2. The highest BCUT2D eigenvalue weighted by Gasteiger charge is 2.63. The number of hydrogen-bond donors (Lipinski definition) is 2. The van der Waals surface area contributed by atoms with Crippen LogP contribution >= 0.6 is 0 Å². The summed E-state index contributed by atoms with van der Waals surface area (Å²) in [4.78, 5) is 4.63. The van der Waals surface area contributed by atoms with Crippen LogP contribution in [0, 0.1) is 5.41 Å². The first-order valence-corrected chi connectivity index (χ1v) is 7.48. The Morgan fingerprint density at radius 2 is 2.11 bits per heavy atom. The molecule has 1 unspecified atom stereocenters. The summed E-state index contributed by atoms with van der Waals surface area (Å²) in [6.07, 6.45) is 8.93. The molecule has 3 aliphatic rings. The Balaban J connectivity index is 1.53. The minimum Gasteiger partial charge on any atom is -0.370 e. The van der Waals surface area contributed by atoms with E-state index in [4.69, 9.17) is 5.73 Å². The SMILES string of the molecule is NC(=NC1CC12CC2)Nc1cccc2c1CCCC2. The molecule has 19 heavy (non-hydrogen) atoms. The molecule has 3 heteroatoms. The van der Waals surface area contributed by atoms with Crippen molar-refractivity contribution < 1.29 is 0 Å². The third-order valence-electron chi connectivity index (χ3n) is 4.99. The van der Waals surface area contributed by atoms with Gasteiger partial charge in [0.05, 0.1) is 6.04 Å². The quantitative estimate of drug-likeness (QED) is 0.630. The zero-order valence-corrected chi connectivity index (χ0v) is 11.3. The van der Waals surface area contributed by atoms with Crippen molar-refractivity contribution >= 4 is 11.6 Å². The molecule has 1 aromatic carbocycles. The summed E-state index contributed by atoms with van der Waals surface area (Å²) < 4.78 is 0. The Morgan fingerprint density at radius 3 is 2.89 bits per heavy atom. The first-order chi connectivity index (χ1) is 9.27. The van der Waals surface area contributed by atoms with Gasteiger partial charge < -0.3 is 11.1 Å². The van der Waals surface area contributed by atoms with Crippen molar-refractivity contribution in [2.45, 2.75) is 51.0 Å². The van der Waals surface area contributed by atoms with Crippen molar-refractivity contribution in [3.63, 3.8) is 0 Å². The maximum Gasteiger partial charge on any atom is 0.193 e. The molecule has 100 valence electrons. The van der Waals surface area contributed by atoms with E-state index in [0.717, 1.165) is 0 Å². The zero-order valence-electron chi connectivity index (χ0n) is 11.3. The minimum absolute atomic E-state index is 0.500. The van der Waals surface area contributed by atoms with Crippen LogP contribution in [-0.4, -0.2) is 12.0 Å². The normalized spacial score (nSPS) is 26.9. The molecular formula is C16H21N3. The topological polar surface area (TPSA) is 50.4 Å². The number of nitrogens with one attached hydrogen (secondary N) is 1. The molecule has 0 aliphatic heterocycles. The number of nitrogens with zero attached hydrogens (tertiary/aromatic N) is 1. The lowest BCUT2D eigenvalue weighted by Crippen LogP contribution is -2.24. The highest BCUT2D eigenvalue weighted by atomic mass is 15.1. The lowest BCUT2D eigenvalue weighted by Gasteiger charge is -2.19. The van der Waals surface area contributed by atoms with Crippen LogP contribution in [0.15, 0.2) is 23.2 Å². The molecule has 1 aromatic rings. The highest BCUT2D eigenvalue weighted by molar-refractivity contribution is 5.93. The summed E-state index contributed by atoms with van der Waals surface area (Å²) in [6, 6.07) is 7.00. The van der Waals surface area contributed by atoms with Crippen LogP contribution < -0.4 is 11.1 Å². The Bertz CT molecular complexity index is 543. The lowest BCUT2D eigenvalue weighted by molar-refractivity contribution is 0.687. The molecule has 0 radical (unpaired) electrons. The van der Waals surface area contributed by atoms with E-state index < -0.39 is 0 Å². The second-order valence-electron chi connectivity index (χ2n) is 6.37. The summed E-state index contributed by atoms with van der Waals surface area (Å²) in [7, 11) is 0. The van der Waals surface area contributed by atoms with Crippen molar-refractivity contribution in [2.75, 3.05) is 5.32 Å². The average molecular weight is 255 g/mol. The van der Waals surface area contributed by atoms with E-state index in [1.807, 2.05) is 0 Å². The predicted molar refractivity (Wildman–Crippen MR) is 78.4 cm³/mol. The number of anilines is 1. The van der Waals surface area contributed by atoms with Crippen LogP contribution in [-0.2, 0) is 12.8 Å². The molecule has 0 heterocycles. The first-order valence-electron chi connectivity index (χ1n) is 7.48. The molecule has 0 aromatic heterocycles. The van der Waals surface area contributed by atoms with E-state index in [1.165, 1.54) is 61.8 Å². The Kier molecular flexibility index (Phi) is 2.38. The number of aryl methyl sites for hydroxylation is 1. The third kappa shape index (κ3) is 2.01. The third-order valence-corrected chi connectivity index (χ3v) is 4.99. The molecular weight excluding hydrogens is 234 g/mol. The minimum atomic E-state index is 0.500. The summed E-state index contributed by atoms with van der Waals surface area (Å²) in [5.41, 5.74) is 10.8. The van der Waals surface area contributed by atoms with Gasteiger partial charge in [0, 0.05) is 5.69 Å². The number of aliphatic imine (C=N–C) groups is 1. The first kappa shape index (κ1) is 11.3. The van der Waals surface area contributed by atoms with Crippen LogP contribution in [0.1, 0.15) is 43.2 Å². The summed E-state index contributed by atoms with van der Waals surface area (Å²) >= 11 is 0. The molecule has 4 rings (SSSR count). The van der Waals surface area contributed by atoms with E-state index in [0.29, 0.717) is 17.4 Å². The largest absolute Gasteiger partial charge is 0.370 e. The van der Waals surface area contributed by atoms with Gasteiger partial charge in [-0.15, -0.1) is 0 Å². The number of guanidine groups is 1. The smallest absolute Gasteiger partial charge is 0.193 e. The van der Waals surface area contributed by atoms with Crippen LogP contribution in [0.5, 0.6) is 0 Å². The molecule has 1 atom stereocenters. The van der Waals surface area contributed by atoms with Crippen LogP contribution in [0.25, 0.3) is 0 Å². The molecule has 3 aliphatic carbocycles. The fraction of sp³-hybridized carbons (Fsp3) is 0.562. The summed E-state index contributed by atoms with van der Waals surface area (Å²) in [5, 5.41) is 3.33. The maximum atomic E-state index is 6.07. The standard InChI is InChI=1S/C16H21N3/c17-15(19-14-10-16(14)8-9-16)18-13-7-3-5-11-4-1-2-6-12(11)13/h3,5,7,14H,1-2,4,6,8-10H2,(H3,17,18,19). The van der Waals surface area contributed by atoms with Gasteiger partial charge >= 0.3 is 0 Å². The van der Waals surface area contributed by atoms with Crippen LogP contribution in [0.4, 0.5) is 5.69 Å². The number of benzene rings is 1. The predicted octanol–water partition coefficient (Wildman–Crippen LogP) is 2.84. The van der Waals surface area contributed by atoms with Gasteiger partial charge in [0.25, 0.3) is 0 Å². The number of hydrogen-bond acceptors (Lipinski definition) is 1. The number of nitrogens with two attached hydrogens (primary N) is 1. The molecule has 1 spiro atoms. The second-order valence-corrected chi connectivity index (χ2v) is 6.37. The van der Waals surface area contributed by atoms with Gasteiger partial charge in [0.15, 0.2) is 5.96 Å². The van der Waals surface area contributed by atoms with Crippen molar-refractivity contribution in [3.05, 3.63) is 29.3 Å². The van der Waals surface area contributed by atoms with E-state index >= 15 is 0 Å². The molecule has 3 N–H and O–H groups in total. The van der Waals surface area contributed by atoms with Gasteiger partial charge in [0.1, 0.15) is 0 Å². The van der Waals surface area contributed by atoms with Crippen molar-refractivity contribution in [2.24, 2.45) is 16.1 Å². The fourth-order valence-electron chi connectivity index (χ4n) is 3.44. The summed E-state index contributed by atoms with van der Waals surface area (Å²) in [5.74, 6) is 0.604.